The largest absolute Gasteiger partial charge is 0.378 e. The van der Waals surface area contributed by atoms with E-state index < -0.39 is 0 Å². The topological polar surface area (TPSA) is 64.7 Å². The lowest BCUT2D eigenvalue weighted by atomic mass is 9.75. The van der Waals surface area contributed by atoms with E-state index in [0.29, 0.717) is 31.1 Å². The zero-order valence-corrected chi connectivity index (χ0v) is 16.2. The first-order valence-electron chi connectivity index (χ1n) is 10.4. The molecule has 28 heavy (non-hydrogen) atoms. The molecule has 6 rings (SSSR count). The van der Waals surface area contributed by atoms with E-state index in [1.54, 1.807) is 4.90 Å². The van der Waals surface area contributed by atoms with Gasteiger partial charge in [-0.05, 0) is 5.92 Å². The van der Waals surface area contributed by atoms with Crippen LogP contribution in [0.15, 0.2) is 36.5 Å². The van der Waals surface area contributed by atoms with Crippen LogP contribution >= 0.6 is 0 Å². The molecule has 4 aliphatic rings. The average molecular weight is 382 g/mol. The number of benzene rings is 1. The Morgan fingerprint density at radius 1 is 1.21 bits per heavy atom. The van der Waals surface area contributed by atoms with Gasteiger partial charge >= 0.3 is 0 Å². The first kappa shape index (κ1) is 17.8. The number of nitrogens with one attached hydrogen (secondary N) is 1. The Kier molecular flexibility index (Phi) is 4.86. The summed E-state index contributed by atoms with van der Waals surface area (Å²) < 4.78 is 7.39. The lowest BCUT2D eigenvalue weighted by molar-refractivity contribution is -0.945. The number of amides is 1. The summed E-state index contributed by atoms with van der Waals surface area (Å²) in [6.45, 7) is 5.87. The van der Waals surface area contributed by atoms with Gasteiger partial charge in [0, 0.05) is 31.5 Å². The van der Waals surface area contributed by atoms with Crippen molar-refractivity contribution in [3.05, 3.63) is 36.5 Å². The van der Waals surface area contributed by atoms with Gasteiger partial charge < -0.3 is 14.5 Å². The van der Waals surface area contributed by atoms with Crippen LogP contribution in [-0.4, -0.2) is 71.2 Å². The molecule has 0 aliphatic carbocycles. The predicted octanol–water partition coefficient (Wildman–Crippen LogP) is 0.0972. The predicted molar refractivity (Wildman–Crippen MR) is 104 cm³/mol. The highest BCUT2D eigenvalue weighted by atomic mass is 16.5. The van der Waals surface area contributed by atoms with Crippen LogP contribution in [0.1, 0.15) is 12.8 Å². The molecule has 4 saturated heterocycles. The molecule has 0 spiro atoms. The number of hydrogen-bond donors (Lipinski definition) is 1. The highest BCUT2D eigenvalue weighted by Gasteiger charge is 2.47. The maximum absolute atomic E-state index is 13.0. The maximum Gasteiger partial charge on any atom is 0.231 e. The molecular formula is C21H28N5O2+. The fourth-order valence-corrected chi connectivity index (χ4v) is 5.17. The lowest BCUT2D eigenvalue weighted by Gasteiger charge is -2.47. The fraction of sp³-hybridized carbons (Fsp3) is 0.571. The second-order valence-corrected chi connectivity index (χ2v) is 8.33. The zero-order valence-electron chi connectivity index (χ0n) is 16.2. The normalized spacial score (nSPS) is 29.8. The zero-order chi connectivity index (χ0) is 18.9. The molecule has 0 saturated carbocycles. The Hall–Kier alpha value is -2.25. The Labute approximate surface area is 165 Å². The number of carbonyl (C=O) groups is 1. The van der Waals surface area contributed by atoms with Gasteiger partial charge in [-0.15, -0.1) is 5.10 Å². The van der Waals surface area contributed by atoms with E-state index in [-0.39, 0.29) is 5.92 Å². The Balaban J connectivity index is 1.23. The monoisotopic (exact) mass is 382 g/mol. The standard InChI is InChI=1S/C21H27N5O2/c27-21(24-8-10-28-11-9-24)19-14-25-7-6-17(19)12-18(25)13-26-15-20(22-23-26)16-4-2-1-3-5-16/h1-5,15,17-19H,6-14H2/p+1/t17-,18-,19+/m1/s1. The van der Waals surface area contributed by atoms with Crippen LogP contribution in [0, 0.1) is 11.8 Å². The molecule has 1 unspecified atom stereocenters. The highest BCUT2D eigenvalue weighted by Crippen LogP contribution is 2.29. The summed E-state index contributed by atoms with van der Waals surface area (Å²) in [6, 6.07) is 10.7. The second-order valence-electron chi connectivity index (χ2n) is 8.33. The van der Waals surface area contributed by atoms with Crippen molar-refractivity contribution in [3.63, 3.8) is 0 Å². The second kappa shape index (κ2) is 7.64. The summed E-state index contributed by atoms with van der Waals surface area (Å²) in [5, 5.41) is 8.71. The molecule has 1 N–H and O–H groups in total. The number of morpholine rings is 1. The molecule has 4 fully saturated rings. The van der Waals surface area contributed by atoms with Crippen molar-refractivity contribution in [2.45, 2.75) is 25.4 Å². The fourth-order valence-electron chi connectivity index (χ4n) is 5.17. The minimum absolute atomic E-state index is 0.189. The highest BCUT2D eigenvalue weighted by molar-refractivity contribution is 5.79. The number of ether oxygens (including phenoxy) is 1. The molecule has 7 heteroatoms. The van der Waals surface area contributed by atoms with E-state index >= 15 is 0 Å². The van der Waals surface area contributed by atoms with Crippen LogP contribution in [-0.2, 0) is 16.1 Å². The molecule has 148 valence electrons. The van der Waals surface area contributed by atoms with Crippen molar-refractivity contribution >= 4 is 5.91 Å². The Morgan fingerprint density at radius 2 is 2.04 bits per heavy atom. The van der Waals surface area contributed by atoms with Gasteiger partial charge in [0.2, 0.25) is 5.91 Å². The van der Waals surface area contributed by atoms with E-state index in [1.807, 2.05) is 27.8 Å². The Bertz CT molecular complexity index is 817. The minimum Gasteiger partial charge on any atom is -0.378 e. The number of nitrogens with zero attached hydrogens (tertiary/aromatic N) is 4. The van der Waals surface area contributed by atoms with Crippen LogP contribution in [0.2, 0.25) is 0 Å². The van der Waals surface area contributed by atoms with Gasteiger partial charge in [0.1, 0.15) is 11.7 Å². The van der Waals surface area contributed by atoms with E-state index in [4.69, 9.17) is 4.74 Å². The van der Waals surface area contributed by atoms with Gasteiger partial charge in [0.15, 0.2) is 0 Å². The number of piperidine rings is 3. The molecule has 4 atom stereocenters. The number of rotatable bonds is 4. The molecule has 2 bridgehead atoms. The molecule has 1 aromatic heterocycles. The average Bonchev–Trinajstić information content (AvgIpc) is 3.23. The van der Waals surface area contributed by atoms with Crippen LogP contribution in [0.3, 0.4) is 0 Å². The molecule has 5 heterocycles. The SMILES string of the molecule is O=C([C@H]1C[NH+]2CC[C@@H]1C[C@@H]2Cn1cc(-c2ccccc2)nn1)N1CCOCC1. The summed E-state index contributed by atoms with van der Waals surface area (Å²) in [6.07, 6.45) is 4.32. The number of aromatic nitrogens is 3. The third-order valence-corrected chi connectivity index (χ3v) is 6.71. The van der Waals surface area contributed by atoms with Crippen LogP contribution in [0.5, 0.6) is 0 Å². The van der Waals surface area contributed by atoms with Crippen LogP contribution in [0.4, 0.5) is 0 Å². The first-order valence-corrected chi connectivity index (χ1v) is 10.4. The maximum atomic E-state index is 13.0. The van der Waals surface area contributed by atoms with E-state index in [2.05, 4.69) is 28.6 Å². The van der Waals surface area contributed by atoms with Gasteiger partial charge in [-0.2, -0.15) is 0 Å². The van der Waals surface area contributed by atoms with Crippen molar-refractivity contribution in [3.8, 4) is 11.3 Å². The van der Waals surface area contributed by atoms with Gasteiger partial charge in [0.25, 0.3) is 0 Å². The van der Waals surface area contributed by atoms with Crippen molar-refractivity contribution in [2.24, 2.45) is 11.8 Å². The smallest absolute Gasteiger partial charge is 0.231 e. The van der Waals surface area contributed by atoms with Crippen molar-refractivity contribution in [1.82, 2.24) is 19.9 Å². The summed E-state index contributed by atoms with van der Waals surface area (Å²) in [4.78, 5) is 16.6. The molecule has 2 aromatic rings. The number of carbonyl (C=O) groups excluding carboxylic acids is 1. The van der Waals surface area contributed by atoms with E-state index in [9.17, 15) is 4.79 Å². The molecule has 0 radical (unpaired) electrons. The number of hydrogen-bond acceptors (Lipinski definition) is 4. The molecule has 1 aromatic carbocycles. The third kappa shape index (κ3) is 3.44. The van der Waals surface area contributed by atoms with Gasteiger partial charge in [0.05, 0.1) is 45.0 Å². The number of fused-ring (bicyclic) bond motifs is 3. The summed E-state index contributed by atoms with van der Waals surface area (Å²) in [7, 11) is 0. The van der Waals surface area contributed by atoms with Crippen molar-refractivity contribution < 1.29 is 14.4 Å². The number of quaternary nitrogens is 1. The van der Waals surface area contributed by atoms with Crippen molar-refractivity contribution in [1.29, 1.82) is 0 Å². The van der Waals surface area contributed by atoms with E-state index in [1.165, 1.54) is 13.0 Å². The van der Waals surface area contributed by atoms with Gasteiger partial charge in [-0.3, -0.25) is 4.79 Å². The quantitative estimate of drug-likeness (QED) is 0.815. The third-order valence-electron chi connectivity index (χ3n) is 6.71. The molecule has 1 amide bonds. The summed E-state index contributed by atoms with van der Waals surface area (Å²) in [5.74, 6) is 1.06. The first-order chi connectivity index (χ1) is 13.8. The summed E-state index contributed by atoms with van der Waals surface area (Å²) in [5.41, 5.74) is 2.02. The molecule has 4 aliphatic heterocycles. The lowest BCUT2D eigenvalue weighted by Crippen LogP contribution is -3.20. The van der Waals surface area contributed by atoms with Crippen LogP contribution in [0.25, 0.3) is 11.3 Å². The van der Waals surface area contributed by atoms with Gasteiger partial charge in [-0.25, -0.2) is 4.68 Å². The minimum atomic E-state index is 0.189. The van der Waals surface area contributed by atoms with E-state index in [0.717, 1.165) is 43.9 Å². The Morgan fingerprint density at radius 3 is 2.79 bits per heavy atom. The summed E-state index contributed by atoms with van der Waals surface area (Å²) >= 11 is 0. The van der Waals surface area contributed by atoms with Gasteiger partial charge in [-0.1, -0.05) is 35.5 Å². The van der Waals surface area contributed by atoms with Crippen LogP contribution < -0.4 is 4.90 Å². The molecule has 7 nitrogen and oxygen atoms in total. The molecular weight excluding hydrogens is 354 g/mol. The van der Waals surface area contributed by atoms with Crippen molar-refractivity contribution in [2.75, 3.05) is 39.4 Å².